The van der Waals surface area contributed by atoms with Gasteiger partial charge in [-0.3, -0.25) is 0 Å². The quantitative estimate of drug-likeness (QED) is 0.182. The van der Waals surface area contributed by atoms with Gasteiger partial charge in [-0.1, -0.05) is 121 Å². The Morgan fingerprint density at radius 3 is 1.57 bits per heavy atom. The number of para-hydroxylation sites is 5. The minimum atomic E-state index is 0.633. The third-order valence-electron chi connectivity index (χ3n) is 9.16. The highest BCUT2D eigenvalue weighted by Gasteiger charge is 2.19. The smallest absolute Gasteiger partial charge is 0.211 e. The van der Waals surface area contributed by atoms with Crippen molar-refractivity contribution in [2.45, 2.75) is 0 Å². The molecule has 9 aromatic rings. The Morgan fingerprint density at radius 2 is 0.913 bits per heavy atom. The Balaban J connectivity index is 1.19. The maximum Gasteiger partial charge on any atom is 0.211 e. The number of aromatic nitrogens is 2. The summed E-state index contributed by atoms with van der Waals surface area (Å²) in [4.78, 5) is 4.00. The first kappa shape index (κ1) is 26.1. The van der Waals surface area contributed by atoms with Crippen LogP contribution in [0, 0.1) is 6.57 Å². The first-order valence-electron chi connectivity index (χ1n) is 15.5. The molecule has 0 N–H and O–H groups in total. The molecule has 0 fully saturated rings. The van der Waals surface area contributed by atoms with E-state index in [9.17, 15) is 0 Å². The van der Waals surface area contributed by atoms with Crippen molar-refractivity contribution in [2.75, 3.05) is 0 Å². The zero-order chi connectivity index (χ0) is 30.6. The van der Waals surface area contributed by atoms with Crippen LogP contribution in [0.5, 0.6) is 0 Å². The second kappa shape index (κ2) is 10.4. The van der Waals surface area contributed by atoms with E-state index in [4.69, 9.17) is 6.57 Å². The van der Waals surface area contributed by atoms with Crippen LogP contribution in [0.15, 0.2) is 164 Å². The van der Waals surface area contributed by atoms with Gasteiger partial charge in [-0.2, -0.15) is 0 Å². The summed E-state index contributed by atoms with van der Waals surface area (Å²) < 4.78 is 4.61. The Hall–Kier alpha value is -6.37. The fraction of sp³-hybridized carbons (Fsp3) is 0. The fourth-order valence-corrected chi connectivity index (χ4v) is 7.10. The molecule has 2 heterocycles. The molecule has 9 rings (SSSR count). The van der Waals surface area contributed by atoms with E-state index in [2.05, 4.69) is 166 Å². The van der Waals surface area contributed by atoms with E-state index >= 15 is 0 Å². The van der Waals surface area contributed by atoms with E-state index in [1.54, 1.807) is 0 Å². The lowest BCUT2D eigenvalue weighted by molar-refractivity contribution is 1.18. The number of benzene rings is 7. The van der Waals surface area contributed by atoms with Crippen molar-refractivity contribution in [2.24, 2.45) is 0 Å². The molecule has 0 aliphatic rings. The molecular weight excluding hydrogens is 558 g/mol. The predicted octanol–water partition coefficient (Wildman–Crippen LogP) is 11.8. The number of fused-ring (bicyclic) bond motifs is 6. The van der Waals surface area contributed by atoms with E-state index in [0.29, 0.717) is 5.69 Å². The van der Waals surface area contributed by atoms with Crippen LogP contribution in [0.3, 0.4) is 0 Å². The molecule has 0 bridgehead atoms. The predicted molar refractivity (Wildman–Crippen MR) is 192 cm³/mol. The summed E-state index contributed by atoms with van der Waals surface area (Å²) in [7, 11) is 0. The Kier molecular flexibility index (Phi) is 5.88. The highest BCUT2D eigenvalue weighted by atomic mass is 15.0. The summed E-state index contributed by atoms with van der Waals surface area (Å²) in [6.07, 6.45) is 0. The van der Waals surface area contributed by atoms with E-state index in [0.717, 1.165) is 39.1 Å². The second-order valence-corrected chi connectivity index (χ2v) is 11.7. The van der Waals surface area contributed by atoms with Gasteiger partial charge in [-0.05, 0) is 64.7 Å². The van der Waals surface area contributed by atoms with Gasteiger partial charge in [0.05, 0.1) is 34.3 Å². The molecule has 46 heavy (non-hydrogen) atoms. The first-order chi connectivity index (χ1) is 22.8. The highest BCUT2D eigenvalue weighted by molar-refractivity contribution is 6.11. The Bertz CT molecular complexity index is 2580. The maximum absolute atomic E-state index is 8.10. The van der Waals surface area contributed by atoms with Crippen molar-refractivity contribution in [3.8, 4) is 33.6 Å². The standard InChI is InChI=1S/C43H27N3/c1-44-38-18-11-17-33(43(38)46-40-20-9-5-14-34(40)35-15-6-10-21-41(35)46)30-24-22-29(23-25-30)31-26-27-42-37(28-31)36-16-7-8-19-39(36)45(42)32-12-3-2-4-13-32/h2-28H. The molecule has 0 saturated carbocycles. The molecule has 0 saturated heterocycles. The number of nitrogens with zero attached hydrogens (tertiary/aromatic N) is 3. The van der Waals surface area contributed by atoms with Crippen molar-refractivity contribution in [1.82, 2.24) is 9.13 Å². The van der Waals surface area contributed by atoms with Crippen LogP contribution >= 0.6 is 0 Å². The second-order valence-electron chi connectivity index (χ2n) is 11.7. The number of hydrogen-bond acceptors (Lipinski definition) is 0. The summed E-state index contributed by atoms with van der Waals surface area (Å²) in [5.74, 6) is 0. The topological polar surface area (TPSA) is 14.2 Å². The van der Waals surface area contributed by atoms with Crippen molar-refractivity contribution in [1.29, 1.82) is 0 Å². The third kappa shape index (κ3) is 3.91. The van der Waals surface area contributed by atoms with Crippen LogP contribution in [0.1, 0.15) is 0 Å². The highest BCUT2D eigenvalue weighted by Crippen LogP contribution is 2.41. The van der Waals surface area contributed by atoms with E-state index in [1.165, 1.54) is 38.1 Å². The first-order valence-corrected chi connectivity index (χ1v) is 15.5. The van der Waals surface area contributed by atoms with Gasteiger partial charge in [-0.25, -0.2) is 4.85 Å². The zero-order valence-electron chi connectivity index (χ0n) is 24.9. The van der Waals surface area contributed by atoms with Gasteiger partial charge in [0.25, 0.3) is 0 Å². The van der Waals surface area contributed by atoms with Gasteiger partial charge in [0.1, 0.15) is 0 Å². The average Bonchev–Trinajstić information content (AvgIpc) is 3.64. The average molecular weight is 586 g/mol. The van der Waals surface area contributed by atoms with E-state index in [-0.39, 0.29) is 0 Å². The van der Waals surface area contributed by atoms with Crippen molar-refractivity contribution >= 4 is 49.3 Å². The molecule has 0 radical (unpaired) electrons. The van der Waals surface area contributed by atoms with Crippen LogP contribution in [-0.2, 0) is 0 Å². The molecule has 0 aliphatic carbocycles. The van der Waals surface area contributed by atoms with Crippen molar-refractivity contribution < 1.29 is 0 Å². The molecule has 0 amide bonds. The zero-order valence-corrected chi connectivity index (χ0v) is 24.9. The minimum absolute atomic E-state index is 0.633. The molecule has 3 nitrogen and oxygen atoms in total. The van der Waals surface area contributed by atoms with Crippen molar-refractivity contribution in [3.05, 3.63) is 175 Å². The van der Waals surface area contributed by atoms with Gasteiger partial charge in [0.2, 0.25) is 5.69 Å². The largest absolute Gasteiger partial charge is 0.318 e. The van der Waals surface area contributed by atoms with Gasteiger partial charge in [0, 0.05) is 27.2 Å². The molecule has 0 unspecified atom stereocenters. The van der Waals surface area contributed by atoms with Gasteiger partial charge < -0.3 is 9.13 Å². The van der Waals surface area contributed by atoms with Gasteiger partial charge in [0.15, 0.2) is 0 Å². The van der Waals surface area contributed by atoms with Crippen LogP contribution in [0.2, 0.25) is 0 Å². The van der Waals surface area contributed by atoms with Crippen LogP contribution in [-0.4, -0.2) is 9.13 Å². The van der Waals surface area contributed by atoms with Crippen molar-refractivity contribution in [3.63, 3.8) is 0 Å². The molecule has 0 spiro atoms. The lowest BCUT2D eigenvalue weighted by Crippen LogP contribution is -1.97. The van der Waals surface area contributed by atoms with Gasteiger partial charge >= 0.3 is 0 Å². The molecular formula is C43H27N3. The van der Waals surface area contributed by atoms with E-state index in [1.807, 2.05) is 12.1 Å². The van der Waals surface area contributed by atoms with Crippen LogP contribution < -0.4 is 0 Å². The van der Waals surface area contributed by atoms with Crippen LogP contribution in [0.4, 0.5) is 5.69 Å². The Labute approximate surface area is 266 Å². The Morgan fingerprint density at radius 1 is 0.391 bits per heavy atom. The summed E-state index contributed by atoms with van der Waals surface area (Å²) in [6.45, 7) is 8.10. The van der Waals surface area contributed by atoms with E-state index < -0.39 is 0 Å². The number of rotatable bonds is 4. The lowest BCUT2D eigenvalue weighted by atomic mass is 9.97. The molecule has 7 aromatic carbocycles. The summed E-state index contributed by atoms with van der Waals surface area (Å²) in [5.41, 5.74) is 11.7. The third-order valence-corrected chi connectivity index (χ3v) is 9.16. The molecule has 214 valence electrons. The minimum Gasteiger partial charge on any atom is -0.318 e. The van der Waals surface area contributed by atoms with Gasteiger partial charge in [-0.15, -0.1) is 0 Å². The number of hydrogen-bond donors (Lipinski definition) is 0. The maximum atomic E-state index is 8.10. The monoisotopic (exact) mass is 585 g/mol. The molecule has 0 atom stereocenters. The molecule has 3 heteroatoms. The summed E-state index contributed by atoms with van der Waals surface area (Å²) >= 11 is 0. The normalized spacial score (nSPS) is 11.5. The molecule has 0 aliphatic heterocycles. The van der Waals surface area contributed by atoms with Crippen LogP contribution in [0.25, 0.3) is 82.1 Å². The molecule has 2 aromatic heterocycles. The summed E-state index contributed by atoms with van der Waals surface area (Å²) in [6, 6.07) is 57.7. The summed E-state index contributed by atoms with van der Waals surface area (Å²) in [5, 5.41) is 4.84. The SMILES string of the molecule is [C-]#[N+]c1cccc(-c2ccc(-c3ccc4c(c3)c3ccccc3n4-c3ccccc3)cc2)c1-n1c2ccccc2c2ccccc21. The lowest BCUT2D eigenvalue weighted by Gasteiger charge is -2.16. The fourth-order valence-electron chi connectivity index (χ4n) is 7.10.